The van der Waals surface area contributed by atoms with Crippen molar-refractivity contribution >= 4 is 17.5 Å². The maximum atomic E-state index is 9.22. The van der Waals surface area contributed by atoms with Crippen molar-refractivity contribution in [3.63, 3.8) is 0 Å². The molecule has 0 aliphatic carbocycles. The largest absolute Gasteiger partial charge is 0.488 e. The fourth-order valence-electron chi connectivity index (χ4n) is 4.05. The summed E-state index contributed by atoms with van der Waals surface area (Å²) in [4.78, 5) is 5.71. The topological polar surface area (TPSA) is 40.6 Å². The van der Waals surface area contributed by atoms with Crippen molar-refractivity contribution in [2.45, 2.75) is 32.3 Å². The molecular formula is C26H23N3O. The molecule has 0 radical (unpaired) electrons. The normalized spacial score (nSPS) is 18.8. The number of nitriles is 1. The molecule has 0 amide bonds. The van der Waals surface area contributed by atoms with Gasteiger partial charge in [0.05, 0.1) is 12.6 Å². The third-order valence-corrected chi connectivity index (χ3v) is 5.36. The Hall–Kier alpha value is -3.76. The lowest BCUT2D eigenvalue weighted by atomic mass is 9.93. The zero-order valence-corrected chi connectivity index (χ0v) is 17.2. The Bertz CT molecular complexity index is 1130. The summed E-state index contributed by atoms with van der Waals surface area (Å²) in [5, 5.41) is 9.22. The zero-order valence-electron chi connectivity index (χ0n) is 17.2. The van der Waals surface area contributed by atoms with Crippen LogP contribution in [0, 0.1) is 17.9 Å². The molecule has 2 aromatic carbocycles. The molecule has 2 aromatic rings. The summed E-state index contributed by atoms with van der Waals surface area (Å²) in [5.41, 5.74) is 5.33. The molecule has 4 nitrogen and oxygen atoms in total. The number of nitrogens with zero attached hydrogens (tertiary/aromatic N) is 3. The van der Waals surface area contributed by atoms with Gasteiger partial charge in [-0.3, -0.25) is 0 Å². The standard InChI is InChI=1S/C26H23N3O/c1-26(2)17-21(24(18-27)28-3)16-23(30-26)11-9-19-10-12-25-20(15-19)13-14-29(25)22-7-5-4-6-8-22/h4-12,15-16H,13-14,17H2,1-2H3. The molecule has 0 bridgehead atoms. The van der Waals surface area contributed by atoms with Gasteiger partial charge in [0.1, 0.15) is 11.4 Å². The Labute approximate surface area is 177 Å². The maximum absolute atomic E-state index is 9.22. The number of rotatable bonds is 3. The number of benzene rings is 2. The van der Waals surface area contributed by atoms with Gasteiger partial charge in [0.15, 0.2) is 0 Å². The van der Waals surface area contributed by atoms with E-state index in [0.29, 0.717) is 12.2 Å². The maximum Gasteiger partial charge on any atom is 0.265 e. The van der Waals surface area contributed by atoms with Crippen LogP contribution in [0.5, 0.6) is 0 Å². The molecule has 0 saturated carbocycles. The van der Waals surface area contributed by atoms with Crippen LogP contribution >= 0.6 is 0 Å². The fourth-order valence-corrected chi connectivity index (χ4v) is 4.05. The van der Waals surface area contributed by atoms with E-state index in [-0.39, 0.29) is 5.70 Å². The summed E-state index contributed by atoms with van der Waals surface area (Å²) in [5.74, 6) is 0.670. The molecule has 0 spiro atoms. The van der Waals surface area contributed by atoms with Gasteiger partial charge in [0, 0.05) is 24.3 Å². The highest BCUT2D eigenvalue weighted by Gasteiger charge is 2.27. The minimum Gasteiger partial charge on any atom is -0.488 e. The molecule has 0 N–H and O–H groups in total. The van der Waals surface area contributed by atoms with Crippen LogP contribution in [0.4, 0.5) is 11.4 Å². The molecule has 4 rings (SSSR count). The first kappa shape index (κ1) is 19.6. The number of hydrogen-bond donors (Lipinski definition) is 0. The van der Waals surface area contributed by atoms with Crippen LogP contribution in [-0.2, 0) is 11.2 Å². The smallest absolute Gasteiger partial charge is 0.265 e. The molecule has 0 fully saturated rings. The van der Waals surface area contributed by atoms with Crippen LogP contribution in [0.25, 0.3) is 10.9 Å². The second-order valence-corrected chi connectivity index (χ2v) is 8.14. The molecule has 30 heavy (non-hydrogen) atoms. The predicted octanol–water partition coefficient (Wildman–Crippen LogP) is 6.17. The second kappa shape index (κ2) is 7.93. The van der Waals surface area contributed by atoms with Crippen molar-refractivity contribution in [3.8, 4) is 6.07 Å². The van der Waals surface area contributed by atoms with Crippen LogP contribution in [0.2, 0.25) is 0 Å². The van der Waals surface area contributed by atoms with Gasteiger partial charge in [-0.05, 0) is 73.4 Å². The lowest BCUT2D eigenvalue weighted by Crippen LogP contribution is -2.27. The fraction of sp³-hybridized carbons (Fsp3) is 0.231. The van der Waals surface area contributed by atoms with E-state index in [2.05, 4.69) is 52.2 Å². The van der Waals surface area contributed by atoms with Gasteiger partial charge in [-0.15, -0.1) is 0 Å². The van der Waals surface area contributed by atoms with Crippen molar-refractivity contribution < 1.29 is 4.74 Å². The average molecular weight is 393 g/mol. The number of anilines is 2. The van der Waals surface area contributed by atoms with Crippen LogP contribution < -0.4 is 4.90 Å². The summed E-state index contributed by atoms with van der Waals surface area (Å²) in [6, 6.07) is 19.0. The first-order valence-electron chi connectivity index (χ1n) is 10.0. The monoisotopic (exact) mass is 393 g/mol. The van der Waals surface area contributed by atoms with Gasteiger partial charge in [0.2, 0.25) is 0 Å². The molecule has 0 saturated heterocycles. The number of fused-ring (bicyclic) bond motifs is 1. The third kappa shape index (κ3) is 4.00. The van der Waals surface area contributed by atoms with E-state index in [1.54, 1.807) is 0 Å². The lowest BCUT2D eigenvalue weighted by Gasteiger charge is -2.32. The quantitative estimate of drug-likeness (QED) is 0.462. The van der Waals surface area contributed by atoms with Crippen molar-refractivity contribution in [2.24, 2.45) is 0 Å². The van der Waals surface area contributed by atoms with Crippen molar-refractivity contribution in [1.82, 2.24) is 0 Å². The summed E-state index contributed by atoms with van der Waals surface area (Å²) in [6.45, 7) is 12.2. The van der Waals surface area contributed by atoms with Gasteiger partial charge < -0.3 is 9.64 Å². The highest BCUT2D eigenvalue weighted by Crippen LogP contribution is 2.36. The van der Waals surface area contributed by atoms with Gasteiger partial charge in [-0.2, -0.15) is 0 Å². The first-order chi connectivity index (χ1) is 14.5. The molecule has 0 atom stereocenters. The molecule has 4 heteroatoms. The zero-order chi connectivity index (χ0) is 21.1. The number of ether oxygens (including phenoxy) is 1. The molecule has 2 heterocycles. The van der Waals surface area contributed by atoms with E-state index >= 15 is 0 Å². The summed E-state index contributed by atoms with van der Waals surface area (Å²) in [6.07, 6.45) is 7.32. The number of para-hydroxylation sites is 1. The molecule has 2 aliphatic rings. The highest BCUT2D eigenvalue weighted by molar-refractivity contribution is 5.72. The first-order valence-corrected chi connectivity index (χ1v) is 10.0. The Morgan fingerprint density at radius 2 is 2.00 bits per heavy atom. The van der Waals surface area contributed by atoms with E-state index in [4.69, 9.17) is 11.3 Å². The van der Waals surface area contributed by atoms with Crippen molar-refractivity contribution in [3.05, 3.63) is 100 Å². The Morgan fingerprint density at radius 1 is 1.20 bits per heavy atom. The molecule has 0 aromatic heterocycles. The summed E-state index contributed by atoms with van der Waals surface area (Å²) >= 11 is 0. The van der Waals surface area contributed by atoms with Gasteiger partial charge >= 0.3 is 0 Å². The molecule has 2 aliphatic heterocycles. The molecule has 0 unspecified atom stereocenters. The number of allylic oxidation sites excluding steroid dienone is 3. The van der Waals surface area contributed by atoms with Crippen LogP contribution in [0.1, 0.15) is 31.4 Å². The van der Waals surface area contributed by atoms with Crippen molar-refractivity contribution in [2.75, 3.05) is 11.4 Å². The predicted molar refractivity (Wildman–Crippen MR) is 120 cm³/mol. The SMILES string of the molecule is [C-]#[N+]C(C#N)=C1C=C(C=Cc2ccc3c(c2)CCN3c2ccccc2)OC(C)(C)C1. The van der Waals surface area contributed by atoms with Crippen LogP contribution in [-0.4, -0.2) is 12.1 Å². The van der Waals surface area contributed by atoms with E-state index < -0.39 is 5.60 Å². The molecule has 148 valence electrons. The second-order valence-electron chi connectivity index (χ2n) is 8.14. The van der Waals surface area contributed by atoms with E-state index in [1.165, 1.54) is 16.9 Å². The minimum absolute atomic E-state index is 0.135. The van der Waals surface area contributed by atoms with Gasteiger partial charge in [-0.1, -0.05) is 30.3 Å². The lowest BCUT2D eigenvalue weighted by molar-refractivity contribution is 0.0356. The van der Waals surface area contributed by atoms with Crippen LogP contribution in [0.3, 0.4) is 0 Å². The van der Waals surface area contributed by atoms with E-state index in [1.807, 2.05) is 44.2 Å². The van der Waals surface area contributed by atoms with Gasteiger partial charge in [-0.25, -0.2) is 10.1 Å². The van der Waals surface area contributed by atoms with Crippen molar-refractivity contribution in [1.29, 1.82) is 5.26 Å². The van der Waals surface area contributed by atoms with Crippen LogP contribution in [0.15, 0.2) is 77.7 Å². The Morgan fingerprint density at radius 3 is 2.73 bits per heavy atom. The Kier molecular flexibility index (Phi) is 5.17. The minimum atomic E-state index is -0.454. The third-order valence-electron chi connectivity index (χ3n) is 5.36. The Balaban J connectivity index is 1.59. The van der Waals surface area contributed by atoms with E-state index in [0.717, 1.165) is 24.1 Å². The van der Waals surface area contributed by atoms with Gasteiger partial charge in [0.25, 0.3) is 5.70 Å². The average Bonchev–Trinajstić information content (AvgIpc) is 3.16. The highest BCUT2D eigenvalue weighted by atomic mass is 16.5. The summed E-state index contributed by atoms with van der Waals surface area (Å²) in [7, 11) is 0. The summed E-state index contributed by atoms with van der Waals surface area (Å²) < 4.78 is 6.05. The number of hydrogen-bond acceptors (Lipinski definition) is 3. The molecular weight excluding hydrogens is 370 g/mol. The van der Waals surface area contributed by atoms with E-state index in [9.17, 15) is 5.26 Å².